The van der Waals surface area contributed by atoms with E-state index in [0.717, 1.165) is 0 Å². The predicted molar refractivity (Wildman–Crippen MR) is 36.5 cm³/mol. The normalized spacial score (nSPS) is 10.2. The summed E-state index contributed by atoms with van der Waals surface area (Å²) in [6.07, 6.45) is 0. The summed E-state index contributed by atoms with van der Waals surface area (Å²) in [5.74, 6) is -0.963. The Morgan fingerprint density at radius 3 is 2.00 bits per heavy atom. The first-order valence-corrected chi connectivity index (χ1v) is 1.63. The molecule has 48 valence electrons. The Hall–Kier alpha value is 0.980. The molecular weight excluding hydrogens is 158 g/mol. The quantitative estimate of drug-likeness (QED) is 0.527. The van der Waals surface area contributed by atoms with Crippen LogP contribution in [0.4, 0.5) is 0 Å². The van der Waals surface area contributed by atoms with Crippen LogP contribution in [-0.2, 0) is 4.79 Å². The van der Waals surface area contributed by atoms with Crippen LogP contribution in [0.5, 0.6) is 0 Å². The molecule has 0 aromatic heterocycles. The van der Waals surface area contributed by atoms with E-state index < -0.39 is 12.0 Å². The number of carboxylic acid groups (broad SMARTS) is 1. The van der Waals surface area contributed by atoms with Crippen molar-refractivity contribution in [1.29, 1.82) is 0 Å². The summed E-state index contributed by atoms with van der Waals surface area (Å²) in [5, 5.41) is 7.87. The van der Waals surface area contributed by atoms with Crippen LogP contribution in [0.15, 0.2) is 0 Å². The van der Waals surface area contributed by atoms with E-state index in [9.17, 15) is 4.79 Å². The molecule has 0 aliphatic carbocycles. The van der Waals surface area contributed by atoms with E-state index in [2.05, 4.69) is 0 Å². The van der Waals surface area contributed by atoms with Crippen LogP contribution in [-0.4, -0.2) is 54.9 Å². The average Bonchev–Trinajstić information content (AvgIpc) is 1.36. The first-order chi connectivity index (χ1) is 2.64. The summed E-state index contributed by atoms with van der Waals surface area (Å²) in [6, 6.07) is -0.731. The number of carboxylic acids is 1. The van der Waals surface area contributed by atoms with Crippen molar-refractivity contribution in [3.63, 3.8) is 0 Å². The third kappa shape index (κ3) is 10.1. The molecule has 0 saturated carbocycles. The van der Waals surface area contributed by atoms with Gasteiger partial charge >= 0.3 is 43.7 Å². The molecule has 0 aromatic carbocycles. The molecule has 0 fully saturated rings. The fraction of sp³-hybridized carbons (Fsp3) is 0.667. The molecule has 0 aromatic rings. The van der Waals surface area contributed by atoms with Gasteiger partial charge in [-0.15, -0.1) is 12.4 Å². The molecule has 0 bridgehead atoms. The summed E-state index contributed by atoms with van der Waals surface area (Å²) in [7, 11) is 0. The third-order valence-electron chi connectivity index (χ3n) is 0.390. The SMILES string of the molecule is C[C@H](N)C(=O)O.Cl.[Ca+2].[H-].[H-]. The molecular formula is C3H10CaClNO2. The second-order valence-electron chi connectivity index (χ2n) is 1.13. The number of carbonyl (C=O) groups is 1. The Kier molecular flexibility index (Phi) is 16.0. The number of rotatable bonds is 1. The molecule has 0 saturated heterocycles. The smallest absolute Gasteiger partial charge is 1.00 e. The van der Waals surface area contributed by atoms with Crippen LogP contribution < -0.4 is 5.73 Å². The number of hydrogen-bond acceptors (Lipinski definition) is 2. The van der Waals surface area contributed by atoms with Crippen LogP contribution in [0.2, 0.25) is 0 Å². The van der Waals surface area contributed by atoms with Crippen molar-refractivity contribution in [1.82, 2.24) is 0 Å². The molecule has 3 N–H and O–H groups in total. The van der Waals surface area contributed by atoms with Gasteiger partial charge in [0.1, 0.15) is 6.04 Å². The molecule has 0 radical (unpaired) electrons. The van der Waals surface area contributed by atoms with Crippen molar-refractivity contribution in [3.05, 3.63) is 0 Å². The second-order valence-corrected chi connectivity index (χ2v) is 1.13. The maximum atomic E-state index is 9.57. The van der Waals surface area contributed by atoms with Gasteiger partial charge in [0.25, 0.3) is 0 Å². The summed E-state index contributed by atoms with van der Waals surface area (Å²) in [6.45, 7) is 1.42. The molecule has 0 heterocycles. The topological polar surface area (TPSA) is 63.3 Å². The Balaban J connectivity index is -0.0000000208. The maximum absolute atomic E-state index is 9.57. The van der Waals surface area contributed by atoms with E-state index in [1.807, 2.05) is 0 Å². The zero-order valence-electron chi connectivity index (χ0n) is 6.63. The molecule has 0 aliphatic heterocycles. The van der Waals surface area contributed by atoms with Gasteiger partial charge in [-0.25, -0.2) is 0 Å². The number of nitrogens with two attached hydrogens (primary N) is 1. The monoisotopic (exact) mass is 167 g/mol. The van der Waals surface area contributed by atoms with Gasteiger partial charge in [0.2, 0.25) is 0 Å². The molecule has 0 unspecified atom stereocenters. The first-order valence-electron chi connectivity index (χ1n) is 1.63. The van der Waals surface area contributed by atoms with Gasteiger partial charge in [0.05, 0.1) is 0 Å². The molecule has 8 heavy (non-hydrogen) atoms. The van der Waals surface area contributed by atoms with Crippen molar-refractivity contribution < 1.29 is 12.8 Å². The predicted octanol–water partition coefficient (Wildman–Crippen LogP) is -0.316. The van der Waals surface area contributed by atoms with E-state index in [0.29, 0.717) is 0 Å². The summed E-state index contributed by atoms with van der Waals surface area (Å²) >= 11 is 0. The van der Waals surface area contributed by atoms with E-state index in [4.69, 9.17) is 10.8 Å². The zero-order chi connectivity index (χ0) is 5.15. The van der Waals surface area contributed by atoms with Crippen molar-refractivity contribution in [3.8, 4) is 0 Å². The summed E-state index contributed by atoms with van der Waals surface area (Å²) in [4.78, 5) is 9.57. The van der Waals surface area contributed by atoms with Crippen LogP contribution in [0.3, 0.4) is 0 Å². The average molecular weight is 168 g/mol. The number of halogens is 1. The van der Waals surface area contributed by atoms with Gasteiger partial charge in [-0.1, -0.05) is 0 Å². The van der Waals surface area contributed by atoms with Crippen molar-refractivity contribution in [2.75, 3.05) is 0 Å². The Morgan fingerprint density at radius 1 is 1.88 bits per heavy atom. The van der Waals surface area contributed by atoms with Crippen LogP contribution in [0.25, 0.3) is 0 Å². The molecule has 1 atom stereocenters. The Morgan fingerprint density at radius 2 is 2.00 bits per heavy atom. The van der Waals surface area contributed by atoms with Gasteiger partial charge < -0.3 is 13.7 Å². The summed E-state index contributed by atoms with van der Waals surface area (Å²) in [5.41, 5.74) is 4.84. The minimum atomic E-state index is -0.963. The molecule has 0 amide bonds. The van der Waals surface area contributed by atoms with E-state index >= 15 is 0 Å². The van der Waals surface area contributed by atoms with E-state index in [1.165, 1.54) is 6.92 Å². The van der Waals surface area contributed by atoms with E-state index in [-0.39, 0.29) is 53.0 Å². The van der Waals surface area contributed by atoms with Crippen molar-refractivity contribution >= 4 is 56.1 Å². The molecule has 0 aliphatic rings. The summed E-state index contributed by atoms with van der Waals surface area (Å²) < 4.78 is 0. The van der Waals surface area contributed by atoms with Gasteiger partial charge in [0, 0.05) is 0 Å². The minimum absolute atomic E-state index is 0. The second kappa shape index (κ2) is 7.98. The molecule has 0 spiro atoms. The van der Waals surface area contributed by atoms with Crippen LogP contribution in [0.1, 0.15) is 9.78 Å². The molecule has 3 nitrogen and oxygen atoms in total. The van der Waals surface area contributed by atoms with Gasteiger partial charge in [-0.3, -0.25) is 4.79 Å². The third-order valence-corrected chi connectivity index (χ3v) is 0.390. The maximum Gasteiger partial charge on any atom is 2.00 e. The fourth-order valence-electron chi connectivity index (χ4n) is 0. The number of hydrogen-bond donors (Lipinski definition) is 2. The van der Waals surface area contributed by atoms with Crippen LogP contribution >= 0.6 is 12.4 Å². The first kappa shape index (κ1) is 16.0. The van der Waals surface area contributed by atoms with Gasteiger partial charge in [-0.05, 0) is 6.92 Å². The zero-order valence-corrected chi connectivity index (χ0v) is 7.65. The Bertz CT molecular complexity index is 75.5. The molecule has 0 rings (SSSR count). The van der Waals surface area contributed by atoms with Crippen LogP contribution in [0, 0.1) is 0 Å². The van der Waals surface area contributed by atoms with Crippen molar-refractivity contribution in [2.45, 2.75) is 13.0 Å². The fourth-order valence-corrected chi connectivity index (χ4v) is 0. The minimum Gasteiger partial charge on any atom is -1.00 e. The van der Waals surface area contributed by atoms with Gasteiger partial charge in [0.15, 0.2) is 0 Å². The Labute approximate surface area is 87.0 Å². The van der Waals surface area contributed by atoms with E-state index in [1.54, 1.807) is 0 Å². The largest absolute Gasteiger partial charge is 2.00 e. The molecule has 5 heteroatoms. The standard InChI is InChI=1S/C3H7NO2.Ca.ClH.2H/c1-2(4)3(5)6;;;;/h2H,4H2,1H3,(H,5,6);;1H;;/q;+2;;2*-1/t2-;;;;/m0..../s1. The number of aliphatic carboxylic acids is 1. The van der Waals surface area contributed by atoms with Crippen molar-refractivity contribution in [2.24, 2.45) is 5.73 Å². The van der Waals surface area contributed by atoms with Gasteiger partial charge in [-0.2, -0.15) is 0 Å².